The summed E-state index contributed by atoms with van der Waals surface area (Å²) in [7, 11) is 0. The Kier molecular flexibility index (Phi) is 4.97. The average Bonchev–Trinajstić information content (AvgIpc) is 2.27. The van der Waals surface area contributed by atoms with Crippen LogP contribution in [0.15, 0.2) is 18.2 Å². The number of hydrogen-bond donors (Lipinski definition) is 2. The summed E-state index contributed by atoms with van der Waals surface area (Å²) in [4.78, 5) is 11.3. The van der Waals surface area contributed by atoms with E-state index < -0.39 is 6.10 Å². The van der Waals surface area contributed by atoms with Crippen LogP contribution in [-0.4, -0.2) is 24.2 Å². The molecule has 0 radical (unpaired) electrons. The Morgan fingerprint density at radius 1 is 1.53 bits per heavy atom. The molecule has 0 spiro atoms. The van der Waals surface area contributed by atoms with E-state index in [2.05, 4.69) is 5.32 Å². The molecule has 0 aliphatic carbocycles. The maximum Gasteiger partial charge on any atom is 0.257 e. The molecule has 0 aromatic heterocycles. The topological polar surface area (TPSA) is 58.6 Å². The predicted octanol–water partition coefficient (Wildman–Crippen LogP) is 1.56. The second kappa shape index (κ2) is 6.25. The first-order valence-corrected chi connectivity index (χ1v) is 5.72. The molecule has 1 aromatic carbocycles. The summed E-state index contributed by atoms with van der Waals surface area (Å²) in [6.45, 7) is 6.02. The van der Waals surface area contributed by atoms with Crippen LogP contribution in [0.25, 0.3) is 0 Å². The summed E-state index contributed by atoms with van der Waals surface area (Å²) in [6.07, 6.45) is -0.612. The highest BCUT2D eigenvalue weighted by Gasteiger charge is 2.10. The Balaban J connectivity index is 2.73. The third-order valence-electron chi connectivity index (χ3n) is 2.35. The molecule has 0 saturated heterocycles. The lowest BCUT2D eigenvalue weighted by atomic mass is 10.1. The fourth-order valence-corrected chi connectivity index (χ4v) is 1.52. The molecule has 4 nitrogen and oxygen atoms in total. The molecule has 0 saturated carbocycles. The molecule has 94 valence electrons. The van der Waals surface area contributed by atoms with Gasteiger partial charge in [-0.25, -0.2) is 0 Å². The van der Waals surface area contributed by atoms with Crippen LogP contribution in [0.3, 0.4) is 0 Å². The fourth-order valence-electron chi connectivity index (χ4n) is 1.52. The molecule has 2 N–H and O–H groups in total. The molecule has 1 rings (SSSR count). The summed E-state index contributed by atoms with van der Waals surface area (Å²) in [5.41, 5.74) is 1.75. The van der Waals surface area contributed by atoms with Crippen LogP contribution in [0.5, 0.6) is 5.75 Å². The van der Waals surface area contributed by atoms with Crippen LogP contribution in [0.4, 0.5) is 0 Å². The van der Waals surface area contributed by atoms with Crippen LogP contribution >= 0.6 is 0 Å². The van der Waals surface area contributed by atoms with Crippen molar-refractivity contribution in [2.75, 3.05) is 13.2 Å². The highest BCUT2D eigenvalue weighted by atomic mass is 16.5. The van der Waals surface area contributed by atoms with Gasteiger partial charge in [0.1, 0.15) is 5.75 Å². The van der Waals surface area contributed by atoms with E-state index >= 15 is 0 Å². The van der Waals surface area contributed by atoms with Gasteiger partial charge in [0, 0.05) is 12.1 Å². The van der Waals surface area contributed by atoms with E-state index in [-0.39, 0.29) is 12.5 Å². The van der Waals surface area contributed by atoms with Crippen molar-refractivity contribution in [1.82, 2.24) is 5.32 Å². The van der Waals surface area contributed by atoms with Crippen LogP contribution in [-0.2, 0) is 4.79 Å². The van der Waals surface area contributed by atoms with Gasteiger partial charge in [0.05, 0.1) is 6.10 Å². The normalized spacial score (nSPS) is 12.0. The van der Waals surface area contributed by atoms with E-state index in [1.165, 1.54) is 0 Å². The van der Waals surface area contributed by atoms with Crippen molar-refractivity contribution in [3.63, 3.8) is 0 Å². The van der Waals surface area contributed by atoms with Gasteiger partial charge in [-0.15, -0.1) is 0 Å². The minimum absolute atomic E-state index is 0.0311. The molecule has 1 atom stereocenters. The molecular weight excluding hydrogens is 218 g/mol. The summed E-state index contributed by atoms with van der Waals surface area (Å²) in [5.74, 6) is 0.390. The Hall–Kier alpha value is -1.55. The van der Waals surface area contributed by atoms with E-state index in [9.17, 15) is 9.90 Å². The summed E-state index contributed by atoms with van der Waals surface area (Å²) >= 11 is 0. The zero-order valence-corrected chi connectivity index (χ0v) is 10.5. The number of nitrogens with one attached hydrogen (secondary N) is 1. The van der Waals surface area contributed by atoms with Gasteiger partial charge in [-0.1, -0.05) is 11.6 Å². The monoisotopic (exact) mass is 237 g/mol. The van der Waals surface area contributed by atoms with Gasteiger partial charge in [0.15, 0.2) is 6.61 Å². The van der Waals surface area contributed by atoms with Crippen molar-refractivity contribution in [2.45, 2.75) is 26.9 Å². The number of aliphatic hydroxyl groups is 1. The van der Waals surface area contributed by atoms with Crippen molar-refractivity contribution in [2.24, 2.45) is 0 Å². The fraction of sp³-hybridized carbons (Fsp3) is 0.462. The van der Waals surface area contributed by atoms with Crippen molar-refractivity contribution in [3.8, 4) is 5.75 Å². The smallest absolute Gasteiger partial charge is 0.257 e. The van der Waals surface area contributed by atoms with Crippen LogP contribution < -0.4 is 10.1 Å². The number of amides is 1. The molecule has 1 amide bonds. The molecule has 0 aliphatic rings. The van der Waals surface area contributed by atoms with Gasteiger partial charge < -0.3 is 15.2 Å². The number of rotatable bonds is 5. The molecule has 17 heavy (non-hydrogen) atoms. The summed E-state index contributed by atoms with van der Waals surface area (Å²) < 4.78 is 5.40. The lowest BCUT2D eigenvalue weighted by molar-refractivity contribution is -0.123. The first-order chi connectivity index (χ1) is 8.04. The van der Waals surface area contributed by atoms with Crippen molar-refractivity contribution < 1.29 is 14.6 Å². The van der Waals surface area contributed by atoms with Crippen molar-refractivity contribution in [3.05, 3.63) is 29.3 Å². The standard InChI is InChI=1S/C13H19NO3/c1-4-14-13(16)8-17-12-6-5-9(2)7-11(12)10(3)15/h5-7,10,15H,4,8H2,1-3H3,(H,14,16). The summed E-state index contributed by atoms with van der Waals surface area (Å²) in [6, 6.07) is 5.52. The van der Waals surface area contributed by atoms with Gasteiger partial charge in [-0.2, -0.15) is 0 Å². The number of ether oxygens (including phenoxy) is 1. The second-order valence-electron chi connectivity index (χ2n) is 3.96. The number of aliphatic hydroxyl groups excluding tert-OH is 1. The van der Waals surface area contributed by atoms with Crippen LogP contribution in [0.1, 0.15) is 31.1 Å². The summed E-state index contributed by atoms with van der Waals surface area (Å²) in [5, 5.41) is 12.3. The number of aryl methyl sites for hydroxylation is 1. The number of benzene rings is 1. The molecule has 0 fully saturated rings. The SMILES string of the molecule is CCNC(=O)COc1ccc(C)cc1C(C)O. The zero-order chi connectivity index (χ0) is 12.8. The number of hydrogen-bond acceptors (Lipinski definition) is 3. The molecule has 4 heteroatoms. The molecule has 0 bridgehead atoms. The van der Waals surface area contributed by atoms with Gasteiger partial charge in [0.2, 0.25) is 0 Å². The largest absolute Gasteiger partial charge is 0.483 e. The Morgan fingerprint density at radius 3 is 2.82 bits per heavy atom. The third-order valence-corrected chi connectivity index (χ3v) is 2.35. The average molecular weight is 237 g/mol. The molecule has 0 aliphatic heterocycles. The molecule has 1 aromatic rings. The third kappa shape index (κ3) is 4.07. The first kappa shape index (κ1) is 13.5. The predicted molar refractivity (Wildman–Crippen MR) is 66.0 cm³/mol. The van der Waals surface area contributed by atoms with Crippen molar-refractivity contribution >= 4 is 5.91 Å². The number of likely N-dealkylation sites (N-methyl/N-ethyl adjacent to an activating group) is 1. The van der Waals surface area contributed by atoms with E-state index in [1.54, 1.807) is 13.0 Å². The minimum Gasteiger partial charge on any atom is -0.483 e. The minimum atomic E-state index is -0.612. The zero-order valence-electron chi connectivity index (χ0n) is 10.5. The number of carbonyl (C=O) groups is 1. The van der Waals surface area contributed by atoms with E-state index in [0.29, 0.717) is 17.9 Å². The highest BCUT2D eigenvalue weighted by Crippen LogP contribution is 2.26. The maximum atomic E-state index is 11.3. The maximum absolute atomic E-state index is 11.3. The van der Waals surface area contributed by atoms with E-state index in [4.69, 9.17) is 4.74 Å². The lowest BCUT2D eigenvalue weighted by Crippen LogP contribution is -2.28. The Labute approximate surface area is 102 Å². The molecule has 1 unspecified atom stereocenters. The van der Waals surface area contributed by atoms with Crippen LogP contribution in [0.2, 0.25) is 0 Å². The Morgan fingerprint density at radius 2 is 2.24 bits per heavy atom. The van der Waals surface area contributed by atoms with E-state index in [1.807, 2.05) is 26.0 Å². The van der Waals surface area contributed by atoms with Gasteiger partial charge in [-0.05, 0) is 32.9 Å². The van der Waals surface area contributed by atoms with Gasteiger partial charge in [0.25, 0.3) is 5.91 Å². The molecule has 0 heterocycles. The van der Waals surface area contributed by atoms with Gasteiger partial charge >= 0.3 is 0 Å². The Bertz CT molecular complexity index is 388. The van der Waals surface area contributed by atoms with E-state index in [0.717, 1.165) is 5.56 Å². The number of carbonyl (C=O) groups excluding carboxylic acids is 1. The van der Waals surface area contributed by atoms with Crippen LogP contribution in [0, 0.1) is 6.92 Å². The first-order valence-electron chi connectivity index (χ1n) is 5.72. The lowest BCUT2D eigenvalue weighted by Gasteiger charge is -2.14. The highest BCUT2D eigenvalue weighted by molar-refractivity contribution is 5.77. The van der Waals surface area contributed by atoms with Gasteiger partial charge in [-0.3, -0.25) is 4.79 Å². The second-order valence-corrected chi connectivity index (χ2v) is 3.96. The van der Waals surface area contributed by atoms with Crippen molar-refractivity contribution in [1.29, 1.82) is 0 Å². The molecular formula is C13H19NO3. The quantitative estimate of drug-likeness (QED) is 0.817.